The van der Waals surface area contributed by atoms with Crippen LogP contribution in [0.2, 0.25) is 0 Å². The Bertz CT molecular complexity index is 975. The molecule has 2 heterocycles. The molecule has 8 heteroatoms. The molecule has 1 aliphatic rings. The van der Waals surface area contributed by atoms with E-state index in [1.54, 1.807) is 11.5 Å². The van der Waals surface area contributed by atoms with E-state index in [-0.39, 0.29) is 29.0 Å². The zero-order valence-electron chi connectivity index (χ0n) is 14.7. The van der Waals surface area contributed by atoms with Crippen molar-refractivity contribution in [1.29, 1.82) is 0 Å². The van der Waals surface area contributed by atoms with E-state index in [2.05, 4.69) is 0 Å². The smallest absolute Gasteiger partial charge is 0.340 e. The van der Waals surface area contributed by atoms with Gasteiger partial charge in [-0.15, -0.1) is 0 Å². The molecule has 0 N–H and O–H groups in total. The van der Waals surface area contributed by atoms with Crippen LogP contribution < -0.4 is 0 Å². The molecule has 0 amide bonds. The van der Waals surface area contributed by atoms with Crippen molar-refractivity contribution in [2.75, 3.05) is 14.2 Å². The van der Waals surface area contributed by atoms with Gasteiger partial charge in [0.2, 0.25) is 0 Å². The number of hydrogen-bond acceptors (Lipinski definition) is 6. The SMILES string of the molecule is COC(=O)c1c(C(=O)OC)c2n(c1C)[C@@H](Cc1ccccc1)S(=O)(=O)C2. The molecule has 1 atom stereocenters. The molecule has 0 bridgehead atoms. The number of rotatable bonds is 4. The zero-order valence-corrected chi connectivity index (χ0v) is 15.5. The highest BCUT2D eigenvalue weighted by molar-refractivity contribution is 7.90. The van der Waals surface area contributed by atoms with Crippen molar-refractivity contribution in [2.45, 2.75) is 24.5 Å². The summed E-state index contributed by atoms with van der Waals surface area (Å²) in [5, 5.41) is -0.887. The number of ether oxygens (including phenoxy) is 2. The monoisotopic (exact) mass is 377 g/mol. The van der Waals surface area contributed by atoms with E-state index in [9.17, 15) is 18.0 Å². The lowest BCUT2D eigenvalue weighted by Gasteiger charge is -2.15. The molecule has 0 unspecified atom stereocenters. The normalized spacial score (nSPS) is 17.6. The van der Waals surface area contributed by atoms with Gasteiger partial charge in [-0.05, 0) is 12.5 Å². The van der Waals surface area contributed by atoms with Crippen LogP contribution in [0.3, 0.4) is 0 Å². The molecular weight excluding hydrogens is 358 g/mol. The number of hydrogen-bond donors (Lipinski definition) is 0. The molecule has 1 aliphatic heterocycles. The standard InChI is InChI=1S/C18H19NO6S/c1-11-15(17(20)24-2)16(18(21)25-3)13-10-26(22,23)14(19(11)13)9-12-7-5-4-6-8-12/h4-8,14H,9-10H2,1-3H3/t14-/m1/s1. The van der Waals surface area contributed by atoms with Crippen LogP contribution in [0.15, 0.2) is 30.3 Å². The quantitative estimate of drug-likeness (QED) is 0.757. The molecule has 0 aliphatic carbocycles. The van der Waals surface area contributed by atoms with Gasteiger partial charge in [0, 0.05) is 17.8 Å². The fourth-order valence-electron chi connectivity index (χ4n) is 3.46. The second-order valence-corrected chi connectivity index (χ2v) is 8.25. The predicted molar refractivity (Wildman–Crippen MR) is 93.7 cm³/mol. The summed E-state index contributed by atoms with van der Waals surface area (Å²) >= 11 is 0. The number of nitrogens with zero attached hydrogens (tertiary/aromatic N) is 1. The number of aromatic nitrogens is 1. The molecule has 0 saturated carbocycles. The minimum absolute atomic E-state index is 0.0315. The van der Waals surface area contributed by atoms with Crippen molar-refractivity contribution in [2.24, 2.45) is 0 Å². The highest BCUT2D eigenvalue weighted by Gasteiger charge is 2.44. The van der Waals surface area contributed by atoms with Gasteiger partial charge in [-0.25, -0.2) is 18.0 Å². The van der Waals surface area contributed by atoms with Crippen molar-refractivity contribution >= 4 is 21.8 Å². The Morgan fingerprint density at radius 1 is 1.08 bits per heavy atom. The Kier molecular flexibility index (Phi) is 4.62. The van der Waals surface area contributed by atoms with Gasteiger partial charge in [-0.2, -0.15) is 0 Å². The number of sulfone groups is 1. The molecule has 0 saturated heterocycles. The third kappa shape index (κ3) is 2.80. The largest absolute Gasteiger partial charge is 0.465 e. The lowest BCUT2D eigenvalue weighted by molar-refractivity contribution is 0.0555. The summed E-state index contributed by atoms with van der Waals surface area (Å²) in [4.78, 5) is 24.5. The highest BCUT2D eigenvalue weighted by atomic mass is 32.2. The molecule has 0 fully saturated rings. The first kappa shape index (κ1) is 18.2. The molecule has 2 aromatic rings. The van der Waals surface area contributed by atoms with E-state index in [1.165, 1.54) is 14.2 Å². The highest BCUT2D eigenvalue weighted by Crippen LogP contribution is 2.39. The predicted octanol–water partition coefficient (Wildman–Crippen LogP) is 2.04. The number of carbonyl (C=O) groups is 2. The Balaban J connectivity index is 2.20. The maximum absolute atomic E-state index is 12.8. The molecule has 0 spiro atoms. The molecule has 7 nitrogen and oxygen atoms in total. The maximum Gasteiger partial charge on any atom is 0.340 e. The molecule has 3 rings (SSSR count). The molecule has 0 radical (unpaired) electrons. The number of fused-ring (bicyclic) bond motifs is 1. The number of methoxy groups -OCH3 is 2. The molecule has 1 aromatic heterocycles. The number of esters is 2. The van der Waals surface area contributed by atoms with Crippen LogP contribution in [0.25, 0.3) is 0 Å². The van der Waals surface area contributed by atoms with Gasteiger partial charge in [-0.3, -0.25) is 0 Å². The fraction of sp³-hybridized carbons (Fsp3) is 0.333. The van der Waals surface area contributed by atoms with Crippen molar-refractivity contribution < 1.29 is 27.5 Å². The maximum atomic E-state index is 12.8. The van der Waals surface area contributed by atoms with E-state index in [0.717, 1.165) is 5.56 Å². The third-order valence-corrected chi connectivity index (χ3v) is 6.51. The van der Waals surface area contributed by atoms with E-state index >= 15 is 0 Å². The minimum Gasteiger partial charge on any atom is -0.465 e. The van der Waals surface area contributed by atoms with Gasteiger partial charge < -0.3 is 14.0 Å². The van der Waals surface area contributed by atoms with Gasteiger partial charge in [0.15, 0.2) is 9.84 Å². The van der Waals surface area contributed by atoms with E-state index in [0.29, 0.717) is 5.69 Å². The van der Waals surface area contributed by atoms with Gasteiger partial charge >= 0.3 is 11.9 Å². The summed E-state index contributed by atoms with van der Waals surface area (Å²) in [6, 6.07) is 9.20. The Labute approximate surface area is 151 Å². The average molecular weight is 377 g/mol. The summed E-state index contributed by atoms with van der Waals surface area (Å²) in [5.41, 5.74) is 1.53. The lowest BCUT2D eigenvalue weighted by atomic mass is 10.1. The zero-order chi connectivity index (χ0) is 19.1. The van der Waals surface area contributed by atoms with Crippen LogP contribution >= 0.6 is 0 Å². The summed E-state index contributed by atoms with van der Waals surface area (Å²) in [5.74, 6) is -1.77. The summed E-state index contributed by atoms with van der Waals surface area (Å²) in [6.07, 6.45) is 0.243. The molecular formula is C18H19NO6S. The van der Waals surface area contributed by atoms with Crippen molar-refractivity contribution in [3.8, 4) is 0 Å². The van der Waals surface area contributed by atoms with Crippen LogP contribution in [0, 0.1) is 6.92 Å². The van der Waals surface area contributed by atoms with Crippen LogP contribution in [-0.4, -0.2) is 39.1 Å². The molecule has 138 valence electrons. The van der Waals surface area contributed by atoms with Gasteiger partial charge in [0.1, 0.15) is 5.37 Å². The van der Waals surface area contributed by atoms with Crippen LogP contribution in [0.1, 0.15) is 43.0 Å². The van der Waals surface area contributed by atoms with E-state index < -0.39 is 27.1 Å². The minimum atomic E-state index is -3.53. The Morgan fingerprint density at radius 3 is 2.23 bits per heavy atom. The van der Waals surface area contributed by atoms with E-state index in [4.69, 9.17) is 9.47 Å². The average Bonchev–Trinajstić information content (AvgIpc) is 3.04. The number of carbonyl (C=O) groups excluding carboxylic acids is 2. The summed E-state index contributed by atoms with van der Waals surface area (Å²) in [6.45, 7) is 1.61. The topological polar surface area (TPSA) is 91.7 Å². The Hall–Kier alpha value is -2.61. The van der Waals surface area contributed by atoms with Crippen LogP contribution in [0.4, 0.5) is 0 Å². The number of benzene rings is 1. The van der Waals surface area contributed by atoms with Gasteiger partial charge in [0.25, 0.3) is 0 Å². The third-order valence-electron chi connectivity index (χ3n) is 4.63. The fourth-order valence-corrected chi connectivity index (χ4v) is 5.37. The van der Waals surface area contributed by atoms with E-state index in [1.807, 2.05) is 30.3 Å². The molecule has 1 aromatic carbocycles. The second kappa shape index (κ2) is 6.60. The van der Waals surface area contributed by atoms with Crippen LogP contribution in [0.5, 0.6) is 0 Å². The summed E-state index contributed by atoms with van der Waals surface area (Å²) in [7, 11) is -1.13. The van der Waals surface area contributed by atoms with Crippen molar-refractivity contribution in [1.82, 2.24) is 4.57 Å². The van der Waals surface area contributed by atoms with Crippen molar-refractivity contribution in [3.05, 3.63) is 58.4 Å². The molecule has 26 heavy (non-hydrogen) atoms. The van der Waals surface area contributed by atoms with Crippen LogP contribution in [-0.2, 0) is 31.5 Å². The van der Waals surface area contributed by atoms with Crippen molar-refractivity contribution in [3.63, 3.8) is 0 Å². The second-order valence-electron chi connectivity index (χ2n) is 6.09. The first-order chi connectivity index (χ1) is 12.3. The van der Waals surface area contributed by atoms with Gasteiger partial charge in [0.05, 0.1) is 31.1 Å². The first-order valence-corrected chi connectivity index (χ1v) is 9.69. The lowest BCUT2D eigenvalue weighted by Crippen LogP contribution is -2.18. The summed E-state index contributed by atoms with van der Waals surface area (Å²) < 4.78 is 36.6. The van der Waals surface area contributed by atoms with Gasteiger partial charge in [-0.1, -0.05) is 30.3 Å². The first-order valence-electron chi connectivity index (χ1n) is 7.97. The Morgan fingerprint density at radius 2 is 1.65 bits per heavy atom.